The summed E-state index contributed by atoms with van der Waals surface area (Å²) in [5, 5.41) is 18.4. The van der Waals surface area contributed by atoms with E-state index in [4.69, 9.17) is 10.8 Å². The number of nitrogens with one attached hydrogen (secondary N) is 5. The summed E-state index contributed by atoms with van der Waals surface area (Å²) in [6.45, 7) is -1.77. The summed E-state index contributed by atoms with van der Waals surface area (Å²) < 4.78 is 0. The van der Waals surface area contributed by atoms with E-state index in [1.54, 1.807) is 6.20 Å². The van der Waals surface area contributed by atoms with E-state index in [-0.39, 0.29) is 13.0 Å². The lowest BCUT2D eigenvalue weighted by Gasteiger charge is -2.12. The highest BCUT2D eigenvalue weighted by molar-refractivity contribution is 5.91. The highest BCUT2D eigenvalue weighted by atomic mass is 16.4. The minimum Gasteiger partial charge on any atom is -0.480 e. The van der Waals surface area contributed by atoms with Crippen LogP contribution in [0.1, 0.15) is 5.56 Å². The van der Waals surface area contributed by atoms with E-state index in [2.05, 4.69) is 26.3 Å². The molecule has 1 aromatic heterocycles. The van der Waals surface area contributed by atoms with Crippen LogP contribution in [0.2, 0.25) is 0 Å². The number of hydrogen-bond acceptors (Lipinski definition) is 6. The Bertz CT molecular complexity index is 972. The zero-order valence-corrected chi connectivity index (χ0v) is 16.6. The fourth-order valence-corrected chi connectivity index (χ4v) is 2.65. The van der Waals surface area contributed by atoms with Crippen molar-refractivity contribution in [2.45, 2.75) is 12.5 Å². The van der Waals surface area contributed by atoms with Crippen LogP contribution in [0, 0.1) is 0 Å². The second-order valence-corrected chi connectivity index (χ2v) is 6.61. The summed E-state index contributed by atoms with van der Waals surface area (Å²) in [5.41, 5.74) is 7.74. The Morgan fingerprint density at radius 3 is 2.03 bits per heavy atom. The standard InChI is InChI=1S/C19H24N6O6/c20-13(5-11-6-21-14-4-2-1-3-12(11)14)19(31)25-9-17(28)23-7-15(26)22-8-16(27)24-10-18(29)30/h1-4,6,13,21H,5,7-10,20H2,(H,22,26)(H,23,28)(H,24,27)(H,25,31)(H,29,30)/t13-/m0/s1. The van der Waals surface area contributed by atoms with Gasteiger partial charge in [0.2, 0.25) is 23.6 Å². The number of carboxylic acid groups (broad SMARTS) is 1. The average molecular weight is 432 g/mol. The molecule has 0 aliphatic carbocycles. The number of hydrogen-bond donors (Lipinski definition) is 7. The molecule has 1 aromatic carbocycles. The lowest BCUT2D eigenvalue weighted by molar-refractivity contribution is -0.137. The van der Waals surface area contributed by atoms with Crippen LogP contribution in [0.15, 0.2) is 30.5 Å². The van der Waals surface area contributed by atoms with E-state index in [1.165, 1.54) is 0 Å². The van der Waals surface area contributed by atoms with E-state index in [0.717, 1.165) is 16.5 Å². The summed E-state index contributed by atoms with van der Waals surface area (Å²) in [6.07, 6.45) is 2.06. The van der Waals surface area contributed by atoms with Crippen molar-refractivity contribution in [3.63, 3.8) is 0 Å². The Balaban J connectivity index is 1.66. The second-order valence-electron chi connectivity index (χ2n) is 6.61. The second kappa shape index (κ2) is 11.3. The quantitative estimate of drug-likeness (QED) is 0.205. The third kappa shape index (κ3) is 7.78. The lowest BCUT2D eigenvalue weighted by atomic mass is 10.1. The highest BCUT2D eigenvalue weighted by Crippen LogP contribution is 2.18. The molecule has 2 aromatic rings. The van der Waals surface area contributed by atoms with E-state index < -0.39 is 55.3 Å². The molecule has 1 heterocycles. The molecule has 0 aliphatic heterocycles. The van der Waals surface area contributed by atoms with Gasteiger partial charge in [-0.25, -0.2) is 0 Å². The van der Waals surface area contributed by atoms with Crippen LogP contribution in [0.4, 0.5) is 0 Å². The average Bonchev–Trinajstić information content (AvgIpc) is 3.15. The Hall–Kier alpha value is -3.93. The molecule has 0 spiro atoms. The Kier molecular flexibility index (Phi) is 8.52. The van der Waals surface area contributed by atoms with Crippen molar-refractivity contribution in [2.75, 3.05) is 26.2 Å². The van der Waals surface area contributed by atoms with E-state index in [9.17, 15) is 24.0 Å². The first-order chi connectivity index (χ1) is 14.8. The third-order valence-electron chi connectivity index (χ3n) is 4.20. The molecule has 12 nitrogen and oxygen atoms in total. The van der Waals surface area contributed by atoms with Gasteiger partial charge in [0.1, 0.15) is 6.54 Å². The Labute approximate surface area is 176 Å². The summed E-state index contributed by atoms with van der Waals surface area (Å²) in [5.74, 6) is -3.67. The van der Waals surface area contributed by atoms with Gasteiger partial charge in [-0.3, -0.25) is 24.0 Å². The molecule has 0 aliphatic rings. The third-order valence-corrected chi connectivity index (χ3v) is 4.20. The van der Waals surface area contributed by atoms with Gasteiger partial charge in [-0.15, -0.1) is 0 Å². The normalized spacial score (nSPS) is 11.4. The van der Waals surface area contributed by atoms with Gasteiger partial charge < -0.3 is 37.1 Å². The van der Waals surface area contributed by atoms with Gasteiger partial charge in [-0.2, -0.15) is 0 Å². The number of aromatic nitrogens is 1. The number of fused-ring (bicyclic) bond motifs is 1. The molecule has 0 saturated heterocycles. The van der Waals surface area contributed by atoms with Crippen molar-refractivity contribution in [1.29, 1.82) is 0 Å². The minimum atomic E-state index is -1.21. The molecule has 2 rings (SSSR count). The van der Waals surface area contributed by atoms with Gasteiger partial charge in [0.15, 0.2) is 0 Å². The van der Waals surface area contributed by atoms with Gasteiger partial charge in [-0.1, -0.05) is 18.2 Å². The van der Waals surface area contributed by atoms with Gasteiger partial charge in [0.25, 0.3) is 0 Å². The SMILES string of the molecule is N[C@@H](Cc1c[nH]c2ccccc12)C(=O)NCC(=O)NCC(=O)NCC(=O)NCC(=O)O. The molecular formula is C19H24N6O6. The summed E-state index contributed by atoms with van der Waals surface area (Å²) in [7, 11) is 0. The molecule has 0 fully saturated rings. The molecule has 0 bridgehead atoms. The summed E-state index contributed by atoms with van der Waals surface area (Å²) >= 11 is 0. The number of aromatic amines is 1. The first-order valence-corrected chi connectivity index (χ1v) is 9.36. The molecule has 0 saturated carbocycles. The van der Waals surface area contributed by atoms with Crippen LogP contribution < -0.4 is 27.0 Å². The number of aliphatic carboxylic acids is 1. The molecule has 0 radical (unpaired) electrons. The maximum atomic E-state index is 12.1. The van der Waals surface area contributed by atoms with Gasteiger partial charge in [0.05, 0.1) is 25.7 Å². The monoisotopic (exact) mass is 432 g/mol. The Morgan fingerprint density at radius 2 is 1.42 bits per heavy atom. The zero-order valence-electron chi connectivity index (χ0n) is 16.6. The van der Waals surface area contributed by atoms with Crippen LogP contribution in [-0.2, 0) is 30.4 Å². The molecule has 31 heavy (non-hydrogen) atoms. The molecule has 0 unspecified atom stereocenters. The maximum absolute atomic E-state index is 12.1. The predicted molar refractivity (Wildman–Crippen MR) is 110 cm³/mol. The number of carbonyl (C=O) groups excluding carboxylic acids is 4. The van der Waals surface area contributed by atoms with Gasteiger partial charge in [0, 0.05) is 17.1 Å². The van der Waals surface area contributed by atoms with Crippen LogP contribution in [-0.4, -0.2) is 71.9 Å². The maximum Gasteiger partial charge on any atom is 0.322 e. The van der Waals surface area contributed by atoms with Crippen molar-refractivity contribution < 1.29 is 29.1 Å². The van der Waals surface area contributed by atoms with E-state index >= 15 is 0 Å². The number of amides is 4. The van der Waals surface area contributed by atoms with Crippen molar-refractivity contribution in [3.05, 3.63) is 36.0 Å². The molecule has 8 N–H and O–H groups in total. The topological polar surface area (TPSA) is 196 Å². The highest BCUT2D eigenvalue weighted by Gasteiger charge is 2.17. The molecule has 166 valence electrons. The number of para-hydroxylation sites is 1. The molecule has 12 heteroatoms. The number of rotatable bonds is 11. The van der Waals surface area contributed by atoms with Crippen LogP contribution in [0.5, 0.6) is 0 Å². The Morgan fingerprint density at radius 1 is 0.871 bits per heavy atom. The number of benzene rings is 1. The number of carbonyl (C=O) groups is 5. The van der Waals surface area contributed by atoms with Crippen LogP contribution >= 0.6 is 0 Å². The number of H-pyrrole nitrogens is 1. The van der Waals surface area contributed by atoms with Crippen molar-refractivity contribution >= 4 is 40.5 Å². The molecular weight excluding hydrogens is 408 g/mol. The largest absolute Gasteiger partial charge is 0.480 e. The lowest BCUT2D eigenvalue weighted by Crippen LogP contribution is -2.47. The molecule has 1 atom stereocenters. The minimum absolute atomic E-state index is 0.282. The first-order valence-electron chi connectivity index (χ1n) is 9.36. The summed E-state index contributed by atoms with van der Waals surface area (Å²) in [6, 6.07) is 6.74. The smallest absolute Gasteiger partial charge is 0.322 e. The summed E-state index contributed by atoms with van der Waals surface area (Å²) in [4.78, 5) is 60.2. The number of nitrogens with two attached hydrogens (primary N) is 1. The van der Waals surface area contributed by atoms with E-state index in [0.29, 0.717) is 0 Å². The van der Waals surface area contributed by atoms with Crippen LogP contribution in [0.25, 0.3) is 10.9 Å². The predicted octanol–water partition coefficient (Wildman–Crippen LogP) is -2.41. The van der Waals surface area contributed by atoms with Gasteiger partial charge in [-0.05, 0) is 18.1 Å². The van der Waals surface area contributed by atoms with Gasteiger partial charge >= 0.3 is 5.97 Å². The fraction of sp³-hybridized carbons (Fsp3) is 0.316. The molecule has 4 amide bonds. The van der Waals surface area contributed by atoms with Crippen LogP contribution in [0.3, 0.4) is 0 Å². The first kappa shape index (κ1) is 23.3. The fourth-order valence-electron chi connectivity index (χ4n) is 2.65. The van der Waals surface area contributed by atoms with Crippen molar-refractivity contribution in [3.8, 4) is 0 Å². The van der Waals surface area contributed by atoms with E-state index in [1.807, 2.05) is 24.3 Å². The van der Waals surface area contributed by atoms with Crippen molar-refractivity contribution in [2.24, 2.45) is 5.73 Å². The zero-order chi connectivity index (χ0) is 22.8. The van der Waals surface area contributed by atoms with Crippen molar-refractivity contribution in [1.82, 2.24) is 26.3 Å². The number of carboxylic acids is 1.